The Morgan fingerprint density at radius 2 is 2.00 bits per heavy atom. The van der Waals surface area contributed by atoms with Crippen molar-refractivity contribution in [2.24, 2.45) is 0 Å². The molecule has 116 valence electrons. The first kappa shape index (κ1) is 16.5. The van der Waals surface area contributed by atoms with Gasteiger partial charge in [0.05, 0.1) is 6.42 Å². The number of aliphatic carboxylic acids is 1. The van der Waals surface area contributed by atoms with Crippen molar-refractivity contribution in [3.05, 3.63) is 33.8 Å². The molecule has 0 aliphatic heterocycles. The summed E-state index contributed by atoms with van der Waals surface area (Å²) in [5, 5.41) is 9.29. The van der Waals surface area contributed by atoms with Gasteiger partial charge in [-0.2, -0.15) is 0 Å². The second kappa shape index (κ2) is 6.93. The van der Waals surface area contributed by atoms with E-state index in [1.807, 2.05) is 0 Å². The molecule has 0 aromatic heterocycles. The predicted octanol–water partition coefficient (Wildman–Crippen LogP) is 4.37. The first-order valence-electron chi connectivity index (χ1n) is 7.61. The summed E-state index contributed by atoms with van der Waals surface area (Å²) < 4.78 is 1.12. The lowest BCUT2D eigenvalue weighted by atomic mass is 9.78. The minimum atomic E-state index is -0.686. The summed E-state index contributed by atoms with van der Waals surface area (Å²) in [6.07, 6.45) is 5.72. The zero-order valence-corrected chi connectivity index (χ0v) is 14.4. The van der Waals surface area contributed by atoms with Crippen LogP contribution in [0.15, 0.2) is 22.7 Å². The summed E-state index contributed by atoms with van der Waals surface area (Å²) in [7, 11) is 2.07. The van der Waals surface area contributed by atoms with Gasteiger partial charge in [0.15, 0.2) is 0 Å². The molecule has 1 N–H and O–H groups in total. The van der Waals surface area contributed by atoms with E-state index in [9.17, 15) is 9.90 Å². The van der Waals surface area contributed by atoms with E-state index in [1.54, 1.807) is 0 Å². The number of hydrogen-bond donors (Lipinski definition) is 1. The molecule has 1 aliphatic carbocycles. The molecule has 0 atom stereocenters. The fraction of sp³-hybridized carbons (Fsp3) is 0.588. The Labute approximate surface area is 135 Å². The van der Waals surface area contributed by atoms with E-state index in [1.165, 1.54) is 17.5 Å². The lowest BCUT2D eigenvalue weighted by Gasteiger charge is -2.44. The van der Waals surface area contributed by atoms with Crippen LogP contribution in [0.3, 0.4) is 0 Å². The average Bonchev–Trinajstić information content (AvgIpc) is 2.43. The van der Waals surface area contributed by atoms with Crippen LogP contribution < -0.4 is 0 Å². The standard InChI is InChI=1S/C17H24BrNO2/c1-13-6-7-14(10-15(13)18)12-19(2)17(11-16(20)21)8-4-3-5-9-17/h6-7,10H,3-5,8-9,11-12H2,1-2H3,(H,20,21). The van der Waals surface area contributed by atoms with E-state index in [0.717, 1.165) is 36.7 Å². The number of nitrogens with zero attached hydrogens (tertiary/aromatic N) is 1. The number of hydrogen-bond acceptors (Lipinski definition) is 2. The molecule has 1 saturated carbocycles. The van der Waals surface area contributed by atoms with E-state index < -0.39 is 5.97 Å². The molecule has 0 amide bonds. The van der Waals surface area contributed by atoms with Crippen molar-refractivity contribution in [2.45, 2.75) is 57.5 Å². The van der Waals surface area contributed by atoms with E-state index in [0.29, 0.717) is 0 Å². The Balaban J connectivity index is 2.15. The highest BCUT2D eigenvalue weighted by molar-refractivity contribution is 9.10. The predicted molar refractivity (Wildman–Crippen MR) is 88.4 cm³/mol. The molecule has 0 saturated heterocycles. The fourth-order valence-corrected chi connectivity index (χ4v) is 3.79. The third-order valence-corrected chi connectivity index (χ3v) is 5.58. The lowest BCUT2D eigenvalue weighted by Crippen LogP contribution is -2.49. The molecule has 1 aromatic rings. The van der Waals surface area contributed by atoms with E-state index in [-0.39, 0.29) is 12.0 Å². The van der Waals surface area contributed by atoms with Gasteiger partial charge < -0.3 is 5.11 Å². The van der Waals surface area contributed by atoms with Gasteiger partial charge in [0, 0.05) is 16.6 Å². The highest BCUT2D eigenvalue weighted by atomic mass is 79.9. The molecular weight excluding hydrogens is 330 g/mol. The smallest absolute Gasteiger partial charge is 0.305 e. The van der Waals surface area contributed by atoms with Crippen LogP contribution in [0.2, 0.25) is 0 Å². The number of carbonyl (C=O) groups is 1. The maximum Gasteiger partial charge on any atom is 0.305 e. The summed E-state index contributed by atoms with van der Waals surface area (Å²) in [5.74, 6) is -0.686. The van der Waals surface area contributed by atoms with Crippen LogP contribution in [-0.4, -0.2) is 28.6 Å². The molecule has 0 radical (unpaired) electrons. The minimum absolute atomic E-state index is 0.179. The van der Waals surface area contributed by atoms with E-state index >= 15 is 0 Å². The Hall–Kier alpha value is -0.870. The van der Waals surface area contributed by atoms with Gasteiger partial charge >= 0.3 is 5.97 Å². The Morgan fingerprint density at radius 3 is 2.57 bits per heavy atom. The number of carboxylic acid groups (broad SMARTS) is 1. The maximum absolute atomic E-state index is 11.3. The van der Waals surface area contributed by atoms with Crippen LogP contribution in [0, 0.1) is 6.92 Å². The molecule has 0 unspecified atom stereocenters. The number of aryl methyl sites for hydroxylation is 1. The van der Waals surface area contributed by atoms with Crippen LogP contribution in [0.1, 0.15) is 49.7 Å². The van der Waals surface area contributed by atoms with Crippen molar-refractivity contribution in [3.63, 3.8) is 0 Å². The molecule has 21 heavy (non-hydrogen) atoms. The van der Waals surface area contributed by atoms with Crippen molar-refractivity contribution in [2.75, 3.05) is 7.05 Å². The molecule has 2 rings (SSSR count). The van der Waals surface area contributed by atoms with Crippen LogP contribution in [-0.2, 0) is 11.3 Å². The van der Waals surface area contributed by atoms with Crippen molar-refractivity contribution < 1.29 is 9.90 Å². The Morgan fingerprint density at radius 1 is 1.33 bits per heavy atom. The monoisotopic (exact) mass is 353 g/mol. The number of benzene rings is 1. The zero-order chi connectivity index (χ0) is 15.5. The fourth-order valence-electron chi connectivity index (χ4n) is 3.36. The molecule has 0 heterocycles. The first-order valence-corrected chi connectivity index (χ1v) is 8.40. The minimum Gasteiger partial charge on any atom is -0.481 e. The average molecular weight is 354 g/mol. The second-order valence-electron chi connectivity index (χ2n) is 6.30. The van der Waals surface area contributed by atoms with Gasteiger partial charge in [-0.15, -0.1) is 0 Å². The molecule has 0 bridgehead atoms. The van der Waals surface area contributed by atoms with Crippen LogP contribution in [0.25, 0.3) is 0 Å². The van der Waals surface area contributed by atoms with Crippen molar-refractivity contribution >= 4 is 21.9 Å². The SMILES string of the molecule is Cc1ccc(CN(C)C2(CC(=O)O)CCCCC2)cc1Br. The largest absolute Gasteiger partial charge is 0.481 e. The van der Waals surface area contributed by atoms with Crippen LogP contribution in [0.4, 0.5) is 0 Å². The summed E-state index contributed by atoms with van der Waals surface area (Å²) >= 11 is 3.57. The first-order chi connectivity index (χ1) is 9.93. The topological polar surface area (TPSA) is 40.5 Å². The van der Waals surface area contributed by atoms with Gasteiger partial charge in [0.2, 0.25) is 0 Å². The third-order valence-electron chi connectivity index (χ3n) is 4.73. The summed E-state index contributed by atoms with van der Waals surface area (Å²) in [5.41, 5.74) is 2.27. The molecule has 4 heteroatoms. The summed E-state index contributed by atoms with van der Waals surface area (Å²) in [6, 6.07) is 6.38. The Kier molecular flexibility index (Phi) is 5.44. The number of halogens is 1. The highest BCUT2D eigenvalue weighted by Gasteiger charge is 2.37. The number of rotatable bonds is 5. The second-order valence-corrected chi connectivity index (χ2v) is 7.15. The van der Waals surface area contributed by atoms with Gasteiger partial charge in [0.25, 0.3) is 0 Å². The highest BCUT2D eigenvalue weighted by Crippen LogP contribution is 2.36. The lowest BCUT2D eigenvalue weighted by molar-refractivity contribution is -0.141. The summed E-state index contributed by atoms with van der Waals surface area (Å²) in [6.45, 7) is 2.87. The third kappa shape index (κ3) is 4.07. The number of carboxylic acids is 1. The molecule has 0 spiro atoms. The molecule has 1 aromatic carbocycles. The van der Waals surface area contributed by atoms with Gasteiger partial charge in [-0.25, -0.2) is 0 Å². The quantitative estimate of drug-likeness (QED) is 0.854. The normalized spacial score (nSPS) is 17.9. The molecule has 1 fully saturated rings. The zero-order valence-electron chi connectivity index (χ0n) is 12.9. The van der Waals surface area contributed by atoms with Crippen molar-refractivity contribution in [1.82, 2.24) is 4.90 Å². The maximum atomic E-state index is 11.3. The van der Waals surface area contributed by atoms with Crippen molar-refractivity contribution in [1.29, 1.82) is 0 Å². The molecular formula is C17H24BrNO2. The molecule has 3 nitrogen and oxygen atoms in total. The van der Waals surface area contributed by atoms with Gasteiger partial charge in [-0.05, 0) is 44.0 Å². The van der Waals surface area contributed by atoms with Gasteiger partial charge in [-0.1, -0.05) is 47.3 Å². The van der Waals surface area contributed by atoms with Gasteiger partial charge in [-0.3, -0.25) is 9.69 Å². The van der Waals surface area contributed by atoms with Crippen molar-refractivity contribution in [3.8, 4) is 0 Å². The van der Waals surface area contributed by atoms with Gasteiger partial charge in [0.1, 0.15) is 0 Å². The molecule has 1 aliphatic rings. The van der Waals surface area contributed by atoms with E-state index in [2.05, 4.69) is 53.0 Å². The Bertz CT molecular complexity index is 510. The van der Waals surface area contributed by atoms with E-state index in [4.69, 9.17) is 0 Å². The van der Waals surface area contributed by atoms with Crippen LogP contribution >= 0.6 is 15.9 Å². The van der Waals surface area contributed by atoms with Crippen LogP contribution in [0.5, 0.6) is 0 Å². The summed E-state index contributed by atoms with van der Waals surface area (Å²) in [4.78, 5) is 13.6.